The highest BCUT2D eigenvalue weighted by molar-refractivity contribution is 5.77. The van der Waals surface area contributed by atoms with Crippen LogP contribution >= 0.6 is 0 Å². The number of hydrogen-bond acceptors (Lipinski definition) is 2. The molecule has 0 bridgehead atoms. The van der Waals surface area contributed by atoms with E-state index in [0.29, 0.717) is 11.0 Å². The van der Waals surface area contributed by atoms with Gasteiger partial charge in [0.25, 0.3) is 0 Å². The van der Waals surface area contributed by atoms with E-state index in [1.54, 1.807) is 0 Å². The van der Waals surface area contributed by atoms with Crippen LogP contribution in [-0.2, 0) is 14.1 Å². The van der Waals surface area contributed by atoms with E-state index in [1.165, 1.54) is 41.4 Å². The Bertz CT molecular complexity index is 655. The molecule has 1 aromatic heterocycles. The molecule has 0 aliphatic heterocycles. The Morgan fingerprint density at radius 3 is 2.28 bits per heavy atom. The van der Waals surface area contributed by atoms with Crippen LogP contribution in [0.3, 0.4) is 0 Å². The van der Waals surface area contributed by atoms with Gasteiger partial charge in [0, 0.05) is 14.1 Å². The van der Waals surface area contributed by atoms with E-state index in [2.05, 4.69) is 0 Å². The quantitative estimate of drug-likeness (QED) is 0.844. The lowest BCUT2D eigenvalue weighted by molar-refractivity contribution is -0.206. The number of aryl methyl sites for hydroxylation is 2. The first-order valence-electron chi connectivity index (χ1n) is 5.13. The SMILES string of the molecule is Cn1c(=O)n(C)c2cc(C(O)C(F)(F)F)ccc21. The second kappa shape index (κ2) is 3.88. The van der Waals surface area contributed by atoms with Crippen LogP contribution in [0.25, 0.3) is 11.0 Å². The fraction of sp³-hybridized carbons (Fsp3) is 0.364. The molecule has 0 radical (unpaired) electrons. The number of aliphatic hydroxyl groups excluding tert-OH is 1. The molecule has 0 aliphatic rings. The third-order valence-corrected chi connectivity index (χ3v) is 2.92. The van der Waals surface area contributed by atoms with Crippen molar-refractivity contribution in [2.45, 2.75) is 12.3 Å². The van der Waals surface area contributed by atoms with Crippen molar-refractivity contribution in [3.8, 4) is 0 Å². The van der Waals surface area contributed by atoms with Crippen LogP contribution in [-0.4, -0.2) is 20.4 Å². The van der Waals surface area contributed by atoms with Gasteiger partial charge in [0.15, 0.2) is 6.10 Å². The van der Waals surface area contributed by atoms with E-state index in [0.717, 1.165) is 0 Å². The molecule has 18 heavy (non-hydrogen) atoms. The number of aliphatic hydroxyl groups is 1. The minimum Gasteiger partial charge on any atom is -0.379 e. The van der Waals surface area contributed by atoms with Gasteiger partial charge in [0.05, 0.1) is 11.0 Å². The highest BCUT2D eigenvalue weighted by atomic mass is 19.4. The summed E-state index contributed by atoms with van der Waals surface area (Å²) in [5.74, 6) is 0. The molecular weight excluding hydrogens is 249 g/mol. The zero-order valence-corrected chi connectivity index (χ0v) is 9.69. The predicted molar refractivity (Wildman–Crippen MR) is 59.2 cm³/mol. The Morgan fingerprint density at radius 1 is 1.17 bits per heavy atom. The number of benzene rings is 1. The molecule has 7 heteroatoms. The summed E-state index contributed by atoms with van der Waals surface area (Å²) in [6.07, 6.45) is -7.27. The monoisotopic (exact) mass is 260 g/mol. The van der Waals surface area contributed by atoms with Crippen molar-refractivity contribution < 1.29 is 18.3 Å². The third kappa shape index (κ3) is 1.80. The summed E-state index contributed by atoms with van der Waals surface area (Å²) in [6.45, 7) is 0. The van der Waals surface area contributed by atoms with E-state index in [-0.39, 0.29) is 11.3 Å². The molecule has 0 saturated heterocycles. The van der Waals surface area contributed by atoms with E-state index in [4.69, 9.17) is 5.11 Å². The average molecular weight is 260 g/mol. The molecular formula is C11H11F3N2O2. The lowest BCUT2D eigenvalue weighted by Gasteiger charge is -2.14. The number of alkyl halides is 3. The minimum atomic E-state index is -4.72. The van der Waals surface area contributed by atoms with Crippen LogP contribution in [0.15, 0.2) is 23.0 Å². The average Bonchev–Trinajstić information content (AvgIpc) is 2.52. The summed E-state index contributed by atoms with van der Waals surface area (Å²) in [7, 11) is 3.00. The molecule has 1 N–H and O–H groups in total. The predicted octanol–water partition coefficient (Wildman–Crippen LogP) is 1.47. The first-order chi connectivity index (χ1) is 8.23. The lowest BCUT2D eigenvalue weighted by Crippen LogP contribution is -2.20. The van der Waals surface area contributed by atoms with Gasteiger partial charge in [0.2, 0.25) is 0 Å². The first kappa shape index (κ1) is 12.7. The largest absolute Gasteiger partial charge is 0.418 e. The van der Waals surface area contributed by atoms with Gasteiger partial charge in [-0.25, -0.2) is 4.79 Å². The van der Waals surface area contributed by atoms with Crippen LogP contribution in [0.4, 0.5) is 13.2 Å². The molecule has 1 heterocycles. The zero-order valence-electron chi connectivity index (χ0n) is 9.69. The maximum Gasteiger partial charge on any atom is 0.418 e. The Morgan fingerprint density at radius 2 is 1.72 bits per heavy atom. The van der Waals surface area contributed by atoms with Crippen LogP contribution < -0.4 is 5.69 Å². The molecule has 0 saturated carbocycles. The first-order valence-corrected chi connectivity index (χ1v) is 5.13. The number of fused-ring (bicyclic) bond motifs is 1. The van der Waals surface area contributed by atoms with Gasteiger partial charge < -0.3 is 5.11 Å². The molecule has 4 nitrogen and oxygen atoms in total. The fourth-order valence-electron chi connectivity index (χ4n) is 1.88. The molecule has 2 aromatic rings. The van der Waals surface area contributed by atoms with Crippen molar-refractivity contribution in [3.63, 3.8) is 0 Å². The number of nitrogens with zero attached hydrogens (tertiary/aromatic N) is 2. The molecule has 1 atom stereocenters. The van der Waals surface area contributed by atoms with Gasteiger partial charge in [-0.1, -0.05) is 6.07 Å². The van der Waals surface area contributed by atoms with Crippen LogP contribution in [0.2, 0.25) is 0 Å². The van der Waals surface area contributed by atoms with E-state index < -0.39 is 12.3 Å². The summed E-state index contributed by atoms with van der Waals surface area (Å²) in [6, 6.07) is 3.73. The van der Waals surface area contributed by atoms with Crippen molar-refractivity contribution >= 4 is 11.0 Å². The number of rotatable bonds is 1. The smallest absolute Gasteiger partial charge is 0.379 e. The minimum absolute atomic E-state index is 0.281. The van der Waals surface area contributed by atoms with Gasteiger partial charge in [-0.05, 0) is 17.7 Å². The fourth-order valence-corrected chi connectivity index (χ4v) is 1.88. The highest BCUT2D eigenvalue weighted by Gasteiger charge is 2.39. The molecule has 0 amide bonds. The van der Waals surface area contributed by atoms with Gasteiger partial charge in [-0.15, -0.1) is 0 Å². The number of aromatic nitrogens is 2. The molecule has 0 spiro atoms. The van der Waals surface area contributed by atoms with Crippen molar-refractivity contribution in [3.05, 3.63) is 34.2 Å². The summed E-state index contributed by atoms with van der Waals surface area (Å²) in [5.41, 5.74) is 0.253. The number of hydrogen-bond donors (Lipinski definition) is 1. The van der Waals surface area contributed by atoms with Crippen molar-refractivity contribution in [1.82, 2.24) is 9.13 Å². The second-order valence-corrected chi connectivity index (χ2v) is 4.09. The van der Waals surface area contributed by atoms with E-state index in [9.17, 15) is 18.0 Å². The topological polar surface area (TPSA) is 47.2 Å². The van der Waals surface area contributed by atoms with Gasteiger partial charge in [0.1, 0.15) is 0 Å². The Labute approximate surface area is 99.9 Å². The number of halogens is 3. The second-order valence-electron chi connectivity index (χ2n) is 4.09. The summed E-state index contributed by atoms with van der Waals surface area (Å²) < 4.78 is 39.8. The van der Waals surface area contributed by atoms with Crippen LogP contribution in [0.1, 0.15) is 11.7 Å². The maximum atomic E-state index is 12.4. The molecule has 1 aromatic carbocycles. The van der Waals surface area contributed by atoms with Crippen LogP contribution in [0, 0.1) is 0 Å². The van der Waals surface area contributed by atoms with E-state index in [1.807, 2.05) is 0 Å². The van der Waals surface area contributed by atoms with Crippen molar-refractivity contribution in [1.29, 1.82) is 0 Å². The Hall–Kier alpha value is -1.76. The van der Waals surface area contributed by atoms with Gasteiger partial charge in [-0.3, -0.25) is 9.13 Å². The number of imidazole rings is 1. The standard InChI is InChI=1S/C11H11F3N2O2/c1-15-7-4-3-6(9(17)11(12,13)14)5-8(7)16(2)10(15)18/h3-5,9,17H,1-2H3. The highest BCUT2D eigenvalue weighted by Crippen LogP contribution is 2.33. The van der Waals surface area contributed by atoms with Crippen molar-refractivity contribution in [2.24, 2.45) is 14.1 Å². The molecule has 98 valence electrons. The normalized spacial score (nSPS) is 14.1. The Balaban J connectivity index is 2.65. The van der Waals surface area contributed by atoms with Crippen LogP contribution in [0.5, 0.6) is 0 Å². The maximum absolute atomic E-state index is 12.4. The van der Waals surface area contributed by atoms with E-state index >= 15 is 0 Å². The van der Waals surface area contributed by atoms with Gasteiger partial charge >= 0.3 is 11.9 Å². The van der Waals surface area contributed by atoms with Gasteiger partial charge in [-0.2, -0.15) is 13.2 Å². The summed E-state index contributed by atoms with van der Waals surface area (Å²) in [4.78, 5) is 11.6. The Kier molecular flexibility index (Phi) is 2.73. The zero-order chi connectivity index (χ0) is 13.7. The lowest BCUT2D eigenvalue weighted by atomic mass is 10.1. The third-order valence-electron chi connectivity index (χ3n) is 2.92. The molecule has 0 aliphatic carbocycles. The molecule has 0 fully saturated rings. The molecule has 1 unspecified atom stereocenters. The van der Waals surface area contributed by atoms with Crippen molar-refractivity contribution in [2.75, 3.05) is 0 Å². The summed E-state index contributed by atoms with van der Waals surface area (Å²) in [5, 5.41) is 9.16. The molecule has 2 rings (SSSR count). The summed E-state index contributed by atoms with van der Waals surface area (Å²) >= 11 is 0.